The number of hydrogen-bond donors (Lipinski definition) is 2. The van der Waals surface area contributed by atoms with E-state index >= 15 is 0 Å². The topological polar surface area (TPSA) is 98.8 Å². The Bertz CT molecular complexity index is 589. The molecule has 2 rings (SSSR count). The lowest BCUT2D eigenvalue weighted by Gasteiger charge is -2.09. The normalized spacial score (nSPS) is 10.4. The van der Waals surface area contributed by atoms with Gasteiger partial charge in [0.1, 0.15) is 0 Å². The number of nitrogens with zero attached hydrogens (tertiary/aromatic N) is 4. The Balaban J connectivity index is 2.07. The Hall–Kier alpha value is -2.44. The quantitative estimate of drug-likeness (QED) is 0.801. The molecule has 112 valence electrons. The number of anilines is 2. The van der Waals surface area contributed by atoms with Crippen LogP contribution in [0.25, 0.3) is 0 Å². The number of rotatable bonds is 7. The number of aryl methyl sites for hydroxylation is 1. The van der Waals surface area contributed by atoms with Crippen LogP contribution in [0.3, 0.4) is 0 Å². The maximum absolute atomic E-state index is 5.66. The first-order chi connectivity index (χ1) is 10.2. The molecule has 0 fully saturated rings. The Kier molecular flexibility index (Phi) is 5.25. The number of nitrogens with one attached hydrogen (secondary N) is 1. The molecule has 0 aliphatic carbocycles. The van der Waals surface area contributed by atoms with Crippen molar-refractivity contribution in [3.63, 3.8) is 0 Å². The SMILES string of the molecule is CCCOc1nc(N)nc(NCc2ncccc2CC)n1. The summed E-state index contributed by atoms with van der Waals surface area (Å²) in [6, 6.07) is 4.23. The molecule has 2 heterocycles. The predicted molar refractivity (Wildman–Crippen MR) is 81.0 cm³/mol. The van der Waals surface area contributed by atoms with E-state index in [0.717, 1.165) is 18.5 Å². The summed E-state index contributed by atoms with van der Waals surface area (Å²) in [5.74, 6) is 0.525. The van der Waals surface area contributed by atoms with Gasteiger partial charge in [0.25, 0.3) is 0 Å². The van der Waals surface area contributed by atoms with Gasteiger partial charge in [-0.3, -0.25) is 4.98 Å². The van der Waals surface area contributed by atoms with Gasteiger partial charge in [0.05, 0.1) is 18.8 Å². The Morgan fingerprint density at radius 1 is 1.24 bits per heavy atom. The number of aromatic nitrogens is 4. The van der Waals surface area contributed by atoms with Crippen molar-refractivity contribution >= 4 is 11.9 Å². The highest BCUT2D eigenvalue weighted by Crippen LogP contribution is 2.12. The van der Waals surface area contributed by atoms with Crippen LogP contribution in [0.15, 0.2) is 18.3 Å². The molecule has 0 aromatic carbocycles. The predicted octanol–water partition coefficient (Wildman–Crippen LogP) is 1.81. The Morgan fingerprint density at radius 3 is 2.86 bits per heavy atom. The van der Waals surface area contributed by atoms with Crippen molar-refractivity contribution in [2.75, 3.05) is 17.7 Å². The first kappa shape index (κ1) is 15.0. The number of nitrogen functional groups attached to an aromatic ring is 1. The van der Waals surface area contributed by atoms with Crippen LogP contribution in [0.1, 0.15) is 31.5 Å². The number of ether oxygens (including phenoxy) is 1. The third kappa shape index (κ3) is 4.27. The summed E-state index contributed by atoms with van der Waals surface area (Å²) in [6.07, 6.45) is 3.57. The number of nitrogens with two attached hydrogens (primary N) is 1. The van der Waals surface area contributed by atoms with Gasteiger partial charge in [0.15, 0.2) is 0 Å². The second-order valence-corrected chi connectivity index (χ2v) is 4.46. The fraction of sp³-hybridized carbons (Fsp3) is 0.429. The molecule has 0 aliphatic rings. The highest BCUT2D eigenvalue weighted by Gasteiger charge is 2.07. The maximum Gasteiger partial charge on any atom is 0.323 e. The van der Waals surface area contributed by atoms with E-state index < -0.39 is 0 Å². The minimum atomic E-state index is 0.135. The highest BCUT2D eigenvalue weighted by molar-refractivity contribution is 5.34. The van der Waals surface area contributed by atoms with Gasteiger partial charge in [0.2, 0.25) is 11.9 Å². The standard InChI is InChI=1S/C14H20N6O/c1-3-8-21-14-19-12(15)18-13(20-14)17-9-11-10(4-2)6-5-7-16-11/h5-7H,3-4,8-9H2,1-2H3,(H3,15,17,18,19,20). The zero-order valence-electron chi connectivity index (χ0n) is 12.3. The summed E-state index contributed by atoms with van der Waals surface area (Å²) in [4.78, 5) is 16.5. The van der Waals surface area contributed by atoms with Crippen molar-refractivity contribution in [2.24, 2.45) is 0 Å². The van der Waals surface area contributed by atoms with Crippen LogP contribution in [-0.4, -0.2) is 26.5 Å². The van der Waals surface area contributed by atoms with E-state index in [1.807, 2.05) is 13.0 Å². The van der Waals surface area contributed by atoms with Gasteiger partial charge in [-0.2, -0.15) is 15.0 Å². The molecule has 0 bridgehead atoms. The molecule has 0 aliphatic heterocycles. The molecule has 3 N–H and O–H groups in total. The average Bonchev–Trinajstić information content (AvgIpc) is 2.50. The van der Waals surface area contributed by atoms with Crippen LogP contribution < -0.4 is 15.8 Å². The molecule has 7 heteroatoms. The van der Waals surface area contributed by atoms with E-state index in [1.54, 1.807) is 6.20 Å². The molecule has 2 aromatic rings. The first-order valence-corrected chi connectivity index (χ1v) is 7.04. The maximum atomic E-state index is 5.66. The van der Waals surface area contributed by atoms with E-state index in [4.69, 9.17) is 10.5 Å². The van der Waals surface area contributed by atoms with Crippen molar-refractivity contribution < 1.29 is 4.74 Å². The Morgan fingerprint density at radius 2 is 2.10 bits per heavy atom. The van der Waals surface area contributed by atoms with Crippen LogP contribution >= 0.6 is 0 Å². The van der Waals surface area contributed by atoms with E-state index in [0.29, 0.717) is 19.1 Å². The fourth-order valence-electron chi connectivity index (χ4n) is 1.82. The summed E-state index contributed by atoms with van der Waals surface area (Å²) < 4.78 is 5.38. The minimum Gasteiger partial charge on any atom is -0.463 e. The number of hydrogen-bond acceptors (Lipinski definition) is 7. The van der Waals surface area contributed by atoms with Crippen molar-refractivity contribution in [1.82, 2.24) is 19.9 Å². The lowest BCUT2D eigenvalue weighted by molar-refractivity contribution is 0.292. The van der Waals surface area contributed by atoms with Gasteiger partial charge in [-0.15, -0.1) is 0 Å². The molecular formula is C14H20N6O. The van der Waals surface area contributed by atoms with E-state index in [9.17, 15) is 0 Å². The van der Waals surface area contributed by atoms with Crippen molar-refractivity contribution in [2.45, 2.75) is 33.2 Å². The molecule has 0 unspecified atom stereocenters. The van der Waals surface area contributed by atoms with Gasteiger partial charge >= 0.3 is 6.01 Å². The minimum absolute atomic E-state index is 0.135. The average molecular weight is 288 g/mol. The Labute approximate surface area is 124 Å². The monoisotopic (exact) mass is 288 g/mol. The smallest absolute Gasteiger partial charge is 0.323 e. The van der Waals surface area contributed by atoms with E-state index in [-0.39, 0.29) is 12.0 Å². The molecule has 0 saturated carbocycles. The van der Waals surface area contributed by atoms with Crippen molar-refractivity contribution in [1.29, 1.82) is 0 Å². The molecule has 0 saturated heterocycles. The van der Waals surface area contributed by atoms with Gasteiger partial charge in [0, 0.05) is 6.20 Å². The van der Waals surface area contributed by atoms with Crippen molar-refractivity contribution in [3.8, 4) is 6.01 Å². The van der Waals surface area contributed by atoms with Crippen LogP contribution in [0.4, 0.5) is 11.9 Å². The van der Waals surface area contributed by atoms with E-state index in [2.05, 4.69) is 38.2 Å². The zero-order valence-corrected chi connectivity index (χ0v) is 12.3. The van der Waals surface area contributed by atoms with Crippen LogP contribution in [0.5, 0.6) is 6.01 Å². The molecule has 7 nitrogen and oxygen atoms in total. The molecule has 0 spiro atoms. The molecular weight excluding hydrogens is 268 g/mol. The van der Waals surface area contributed by atoms with Crippen LogP contribution in [0.2, 0.25) is 0 Å². The molecule has 0 atom stereocenters. The summed E-state index contributed by atoms with van der Waals surface area (Å²) >= 11 is 0. The lowest BCUT2D eigenvalue weighted by atomic mass is 10.1. The van der Waals surface area contributed by atoms with Gasteiger partial charge in [-0.05, 0) is 24.5 Å². The molecule has 2 aromatic heterocycles. The number of pyridine rings is 1. The molecule has 0 amide bonds. The van der Waals surface area contributed by atoms with E-state index in [1.165, 1.54) is 5.56 Å². The van der Waals surface area contributed by atoms with Crippen LogP contribution in [0, 0.1) is 0 Å². The lowest BCUT2D eigenvalue weighted by Crippen LogP contribution is -2.11. The largest absolute Gasteiger partial charge is 0.463 e. The second-order valence-electron chi connectivity index (χ2n) is 4.46. The second kappa shape index (κ2) is 7.37. The zero-order chi connectivity index (χ0) is 15.1. The third-order valence-corrected chi connectivity index (χ3v) is 2.85. The summed E-state index contributed by atoms with van der Waals surface area (Å²) in [5.41, 5.74) is 7.82. The van der Waals surface area contributed by atoms with Crippen molar-refractivity contribution in [3.05, 3.63) is 29.6 Å². The first-order valence-electron chi connectivity index (χ1n) is 7.04. The van der Waals surface area contributed by atoms with Crippen LogP contribution in [-0.2, 0) is 13.0 Å². The highest BCUT2D eigenvalue weighted by atomic mass is 16.5. The summed E-state index contributed by atoms with van der Waals surface area (Å²) in [5, 5.41) is 3.11. The van der Waals surface area contributed by atoms with Gasteiger partial charge < -0.3 is 15.8 Å². The molecule has 21 heavy (non-hydrogen) atoms. The van der Waals surface area contributed by atoms with Gasteiger partial charge in [-0.25, -0.2) is 0 Å². The molecule has 0 radical (unpaired) electrons. The summed E-state index contributed by atoms with van der Waals surface area (Å²) in [7, 11) is 0. The fourth-order valence-corrected chi connectivity index (χ4v) is 1.82. The van der Waals surface area contributed by atoms with Gasteiger partial charge in [-0.1, -0.05) is 19.9 Å². The third-order valence-electron chi connectivity index (χ3n) is 2.85. The summed E-state index contributed by atoms with van der Waals surface area (Å²) in [6.45, 7) is 5.18.